The normalized spacial score (nSPS) is 16.2. The summed E-state index contributed by atoms with van der Waals surface area (Å²) in [4.78, 5) is 18.5. The van der Waals surface area contributed by atoms with Crippen LogP contribution in [0.5, 0.6) is 0 Å². The molecule has 5 rings (SSSR count). The smallest absolute Gasteiger partial charge is 0.348 e. The molecule has 3 aromatic heterocycles. The average Bonchev–Trinajstić information content (AvgIpc) is 3.35. The van der Waals surface area contributed by atoms with Gasteiger partial charge in [-0.3, -0.25) is 4.90 Å². The molecule has 1 aromatic carbocycles. The van der Waals surface area contributed by atoms with E-state index in [-0.39, 0.29) is 12.3 Å². The topological polar surface area (TPSA) is 76.9 Å². The number of aromatic nitrogens is 3. The molecule has 4 heterocycles. The maximum absolute atomic E-state index is 12.3. The third-order valence-electron chi connectivity index (χ3n) is 5.72. The number of rotatable bonds is 4. The van der Waals surface area contributed by atoms with Crippen LogP contribution in [-0.2, 0) is 13.2 Å². The highest BCUT2D eigenvalue weighted by atomic mass is 32.1. The molecular formula is C21H23N5O2S. The highest BCUT2D eigenvalue weighted by Crippen LogP contribution is 2.30. The molecule has 1 aliphatic rings. The molecule has 0 unspecified atom stereocenters. The Balaban J connectivity index is 1.51. The van der Waals surface area contributed by atoms with E-state index in [9.17, 15) is 9.90 Å². The van der Waals surface area contributed by atoms with Gasteiger partial charge in [0.2, 0.25) is 0 Å². The van der Waals surface area contributed by atoms with E-state index in [1.165, 1.54) is 4.88 Å². The van der Waals surface area contributed by atoms with Gasteiger partial charge in [0.25, 0.3) is 0 Å². The second-order valence-electron chi connectivity index (χ2n) is 7.66. The van der Waals surface area contributed by atoms with E-state index in [0.717, 1.165) is 60.3 Å². The number of fused-ring (bicyclic) bond motifs is 3. The molecule has 29 heavy (non-hydrogen) atoms. The van der Waals surface area contributed by atoms with Crippen molar-refractivity contribution < 1.29 is 5.11 Å². The van der Waals surface area contributed by atoms with Crippen LogP contribution in [0.1, 0.15) is 10.4 Å². The maximum atomic E-state index is 12.3. The average molecular weight is 410 g/mol. The Kier molecular flexibility index (Phi) is 4.71. The number of hydrogen-bond acceptors (Lipinski definition) is 6. The Morgan fingerprint density at radius 3 is 2.76 bits per heavy atom. The Labute approximate surface area is 171 Å². The number of nitrogens with one attached hydrogen (secondary N) is 1. The zero-order valence-corrected chi connectivity index (χ0v) is 17.1. The van der Waals surface area contributed by atoms with Gasteiger partial charge in [0.15, 0.2) is 5.65 Å². The number of hydrogen-bond donors (Lipinski definition) is 2. The third-order valence-corrected chi connectivity index (χ3v) is 6.64. The fourth-order valence-corrected chi connectivity index (χ4v) is 4.95. The van der Waals surface area contributed by atoms with Crippen molar-refractivity contribution in [1.29, 1.82) is 0 Å². The number of H-pyrrole nitrogens is 1. The Morgan fingerprint density at radius 2 is 1.97 bits per heavy atom. The van der Waals surface area contributed by atoms with E-state index in [4.69, 9.17) is 0 Å². The third kappa shape index (κ3) is 3.38. The minimum Gasteiger partial charge on any atom is -0.392 e. The van der Waals surface area contributed by atoms with Crippen LogP contribution >= 0.6 is 11.3 Å². The summed E-state index contributed by atoms with van der Waals surface area (Å²) in [6.07, 6.45) is 0. The van der Waals surface area contributed by atoms with Crippen LogP contribution in [0.15, 0.2) is 40.5 Å². The first-order chi connectivity index (χ1) is 14.1. The fourth-order valence-electron chi connectivity index (χ4n) is 4.01. The Morgan fingerprint density at radius 1 is 1.14 bits per heavy atom. The standard InChI is InChI=1S/C21H23N5O2S/c1-24-4-6-25(7-5-24)11-17-8-16(13-29-17)14-2-3-18-15(12-27)10-20-22-23-21(28)26(20)19(18)9-14/h2-3,8-10,13,27H,4-7,11-12H2,1H3,(H,23,28). The molecule has 0 radical (unpaired) electrons. The van der Waals surface area contributed by atoms with Gasteiger partial charge in [-0.2, -0.15) is 5.10 Å². The molecular weight excluding hydrogens is 386 g/mol. The largest absolute Gasteiger partial charge is 0.392 e. The van der Waals surface area contributed by atoms with Gasteiger partial charge in [-0.25, -0.2) is 14.3 Å². The van der Waals surface area contributed by atoms with E-state index >= 15 is 0 Å². The second kappa shape index (κ2) is 7.38. The molecule has 150 valence electrons. The number of aromatic amines is 1. The van der Waals surface area contributed by atoms with Crippen LogP contribution in [0.3, 0.4) is 0 Å². The number of pyridine rings is 1. The predicted octanol–water partition coefficient (Wildman–Crippen LogP) is 2.14. The number of piperazine rings is 1. The van der Waals surface area contributed by atoms with Gasteiger partial charge in [0, 0.05) is 43.0 Å². The number of likely N-dealkylation sites (N-methyl/N-ethyl adjacent to an activating group) is 1. The monoisotopic (exact) mass is 409 g/mol. The lowest BCUT2D eigenvalue weighted by Gasteiger charge is -2.31. The van der Waals surface area contributed by atoms with Crippen LogP contribution in [0.2, 0.25) is 0 Å². The first-order valence-corrected chi connectivity index (χ1v) is 10.6. The van der Waals surface area contributed by atoms with E-state index < -0.39 is 0 Å². The van der Waals surface area contributed by atoms with Gasteiger partial charge in [0.05, 0.1) is 12.1 Å². The zero-order valence-electron chi connectivity index (χ0n) is 16.3. The second-order valence-corrected chi connectivity index (χ2v) is 8.66. The summed E-state index contributed by atoms with van der Waals surface area (Å²) in [6.45, 7) is 5.32. The van der Waals surface area contributed by atoms with E-state index in [1.54, 1.807) is 21.8 Å². The number of aliphatic hydroxyl groups excluding tert-OH is 1. The van der Waals surface area contributed by atoms with E-state index in [1.807, 2.05) is 12.1 Å². The highest BCUT2D eigenvalue weighted by Gasteiger charge is 2.16. The molecule has 0 aliphatic carbocycles. The number of thiophene rings is 1. The molecule has 2 N–H and O–H groups in total. The van der Waals surface area contributed by atoms with Crippen molar-refractivity contribution >= 4 is 27.9 Å². The van der Waals surface area contributed by atoms with Crippen LogP contribution < -0.4 is 5.69 Å². The molecule has 1 fully saturated rings. The van der Waals surface area contributed by atoms with Crippen LogP contribution in [-0.4, -0.2) is 62.7 Å². The van der Waals surface area contributed by atoms with Crippen molar-refractivity contribution in [3.63, 3.8) is 0 Å². The molecule has 0 atom stereocenters. The van der Waals surface area contributed by atoms with Crippen molar-refractivity contribution in [2.45, 2.75) is 13.2 Å². The lowest BCUT2D eigenvalue weighted by molar-refractivity contribution is 0.149. The van der Waals surface area contributed by atoms with Crippen molar-refractivity contribution in [1.82, 2.24) is 24.4 Å². The minimum atomic E-state index is -0.271. The zero-order chi connectivity index (χ0) is 20.0. The van der Waals surface area contributed by atoms with Gasteiger partial charge in [-0.1, -0.05) is 12.1 Å². The molecule has 0 bridgehead atoms. The van der Waals surface area contributed by atoms with E-state index in [2.05, 4.69) is 44.6 Å². The molecule has 4 aromatic rings. The first kappa shape index (κ1) is 18.5. The number of nitrogens with zero attached hydrogens (tertiary/aromatic N) is 4. The van der Waals surface area contributed by atoms with Gasteiger partial charge in [-0.15, -0.1) is 11.3 Å². The number of benzene rings is 1. The van der Waals surface area contributed by atoms with Crippen LogP contribution in [0.4, 0.5) is 0 Å². The maximum Gasteiger partial charge on any atom is 0.348 e. The SMILES string of the molecule is CN1CCN(Cc2cc(-c3ccc4c(CO)cc5n[nH]c(=O)n5c4c3)cs2)CC1. The molecule has 8 heteroatoms. The van der Waals surface area contributed by atoms with E-state index in [0.29, 0.717) is 5.65 Å². The molecule has 7 nitrogen and oxygen atoms in total. The fraction of sp³-hybridized carbons (Fsp3) is 0.333. The van der Waals surface area contributed by atoms with Crippen LogP contribution in [0.25, 0.3) is 27.7 Å². The van der Waals surface area contributed by atoms with Crippen molar-refractivity contribution in [2.75, 3.05) is 33.2 Å². The quantitative estimate of drug-likeness (QED) is 0.540. The van der Waals surface area contributed by atoms with Gasteiger partial charge >= 0.3 is 5.69 Å². The minimum absolute atomic E-state index is 0.0962. The van der Waals surface area contributed by atoms with Gasteiger partial charge in [0.1, 0.15) is 0 Å². The summed E-state index contributed by atoms with van der Waals surface area (Å²) in [7, 11) is 2.17. The van der Waals surface area contributed by atoms with Gasteiger partial charge < -0.3 is 10.0 Å². The summed E-state index contributed by atoms with van der Waals surface area (Å²) in [5.41, 5.74) is 3.98. The van der Waals surface area contributed by atoms with Crippen molar-refractivity contribution in [2.24, 2.45) is 0 Å². The summed E-state index contributed by atoms with van der Waals surface area (Å²) in [5, 5.41) is 19.3. The molecule has 1 saturated heterocycles. The molecule has 0 saturated carbocycles. The highest BCUT2D eigenvalue weighted by molar-refractivity contribution is 7.10. The number of aliphatic hydroxyl groups is 1. The molecule has 1 aliphatic heterocycles. The summed E-state index contributed by atoms with van der Waals surface area (Å²) < 4.78 is 1.56. The summed E-state index contributed by atoms with van der Waals surface area (Å²) in [6, 6.07) is 10.0. The van der Waals surface area contributed by atoms with Crippen LogP contribution in [0, 0.1) is 0 Å². The van der Waals surface area contributed by atoms with Crippen molar-refractivity contribution in [3.05, 3.63) is 56.6 Å². The van der Waals surface area contributed by atoms with Crippen molar-refractivity contribution in [3.8, 4) is 11.1 Å². The first-order valence-electron chi connectivity index (χ1n) is 9.75. The Hall–Kier alpha value is -2.52. The summed E-state index contributed by atoms with van der Waals surface area (Å²) in [5.74, 6) is 0. The molecule has 0 amide bonds. The predicted molar refractivity (Wildman–Crippen MR) is 115 cm³/mol. The molecule has 0 spiro atoms. The summed E-state index contributed by atoms with van der Waals surface area (Å²) >= 11 is 1.78. The lowest BCUT2D eigenvalue weighted by Crippen LogP contribution is -2.43. The lowest BCUT2D eigenvalue weighted by atomic mass is 10.0. The Bertz CT molecular complexity index is 1230. The van der Waals surface area contributed by atoms with Gasteiger partial charge in [-0.05, 0) is 47.3 Å².